The molecule has 4 nitrogen and oxygen atoms in total. The van der Waals surface area contributed by atoms with Crippen LogP contribution in [0.5, 0.6) is 5.75 Å². The maximum absolute atomic E-state index is 12.0. The zero-order valence-electron chi connectivity index (χ0n) is 13.5. The van der Waals surface area contributed by atoms with Crippen molar-refractivity contribution in [3.8, 4) is 5.75 Å². The maximum atomic E-state index is 12.0. The van der Waals surface area contributed by atoms with E-state index >= 15 is 0 Å². The van der Waals surface area contributed by atoms with Crippen molar-refractivity contribution in [1.29, 1.82) is 0 Å². The maximum Gasteiger partial charge on any atom is 0.257 e. The predicted octanol–water partition coefficient (Wildman–Crippen LogP) is 3.66. The van der Waals surface area contributed by atoms with E-state index in [0.717, 1.165) is 31.7 Å². The molecule has 0 heterocycles. The van der Waals surface area contributed by atoms with Crippen LogP contribution in [0.4, 0.5) is 0 Å². The second kappa shape index (κ2) is 11.0. The number of thiocarbonyl (C=S) groups is 1. The summed E-state index contributed by atoms with van der Waals surface area (Å²) in [6.45, 7) is 5.70. The third kappa shape index (κ3) is 7.41. The molecule has 1 aromatic rings. The number of carbonyl (C=O) groups excluding carboxylic acids is 1. The summed E-state index contributed by atoms with van der Waals surface area (Å²) in [5, 5.41) is 5.99. The number of ether oxygens (including phenoxy) is 1. The van der Waals surface area contributed by atoms with E-state index in [-0.39, 0.29) is 5.91 Å². The molecular formula is C17H26N2O2S. The third-order valence-electron chi connectivity index (χ3n) is 3.15. The molecule has 0 spiro atoms. The molecule has 0 saturated heterocycles. The summed E-state index contributed by atoms with van der Waals surface area (Å²) in [6.07, 6.45) is 5.68. The fourth-order valence-corrected chi connectivity index (χ4v) is 2.07. The Morgan fingerprint density at radius 2 is 1.82 bits per heavy atom. The minimum atomic E-state index is -0.205. The van der Waals surface area contributed by atoms with Gasteiger partial charge in [-0.3, -0.25) is 10.1 Å². The van der Waals surface area contributed by atoms with Crippen molar-refractivity contribution in [2.45, 2.75) is 46.0 Å². The number of carbonyl (C=O) groups is 1. The molecule has 2 N–H and O–H groups in total. The van der Waals surface area contributed by atoms with Gasteiger partial charge in [0.25, 0.3) is 5.91 Å². The van der Waals surface area contributed by atoms with Crippen LogP contribution in [0.15, 0.2) is 24.3 Å². The Morgan fingerprint density at radius 1 is 1.09 bits per heavy atom. The largest absolute Gasteiger partial charge is 0.494 e. The monoisotopic (exact) mass is 322 g/mol. The highest BCUT2D eigenvalue weighted by Crippen LogP contribution is 2.13. The number of benzene rings is 1. The zero-order chi connectivity index (χ0) is 16.2. The Hall–Kier alpha value is -1.62. The molecule has 0 aliphatic rings. The van der Waals surface area contributed by atoms with Crippen LogP contribution < -0.4 is 15.4 Å². The Bertz CT molecular complexity index is 460. The van der Waals surface area contributed by atoms with Gasteiger partial charge in [0.05, 0.1) is 6.61 Å². The summed E-state index contributed by atoms with van der Waals surface area (Å²) in [5.41, 5.74) is 0.569. The first-order chi connectivity index (χ1) is 10.7. The highest BCUT2D eigenvalue weighted by atomic mass is 32.1. The number of nitrogens with one attached hydrogen (secondary N) is 2. The first-order valence-electron chi connectivity index (χ1n) is 7.99. The second-order valence-electron chi connectivity index (χ2n) is 5.14. The normalized spacial score (nSPS) is 10.1. The first kappa shape index (κ1) is 18.4. The van der Waals surface area contributed by atoms with E-state index in [1.165, 1.54) is 19.3 Å². The SMILES string of the molecule is CCCCCCOc1ccc(C(=O)NC(=S)NCCC)cc1. The third-order valence-corrected chi connectivity index (χ3v) is 3.39. The van der Waals surface area contributed by atoms with Crippen molar-refractivity contribution < 1.29 is 9.53 Å². The minimum absolute atomic E-state index is 0.205. The number of rotatable bonds is 9. The molecule has 0 fully saturated rings. The molecule has 0 aromatic heterocycles. The van der Waals surface area contributed by atoms with E-state index in [1.807, 2.05) is 19.1 Å². The number of hydrogen-bond acceptors (Lipinski definition) is 3. The molecule has 0 unspecified atom stereocenters. The molecule has 22 heavy (non-hydrogen) atoms. The Labute approximate surface area is 138 Å². The molecular weight excluding hydrogens is 296 g/mol. The molecule has 5 heteroatoms. The Kier molecular flexibility index (Phi) is 9.23. The van der Waals surface area contributed by atoms with E-state index in [4.69, 9.17) is 17.0 Å². The molecule has 0 saturated carbocycles. The fraction of sp³-hybridized carbons (Fsp3) is 0.529. The number of hydrogen-bond donors (Lipinski definition) is 2. The van der Waals surface area contributed by atoms with Crippen LogP contribution >= 0.6 is 12.2 Å². The van der Waals surface area contributed by atoms with Crippen molar-refractivity contribution in [1.82, 2.24) is 10.6 Å². The first-order valence-corrected chi connectivity index (χ1v) is 8.40. The summed E-state index contributed by atoms with van der Waals surface area (Å²) in [6, 6.07) is 7.13. The standard InChI is InChI=1S/C17H26N2O2S/c1-3-5-6-7-13-21-15-10-8-14(9-11-15)16(20)19-17(22)18-12-4-2/h8-11H,3-7,12-13H2,1-2H3,(H2,18,19,20,22). The lowest BCUT2D eigenvalue weighted by Crippen LogP contribution is -2.39. The molecule has 1 aromatic carbocycles. The minimum Gasteiger partial charge on any atom is -0.494 e. The van der Waals surface area contributed by atoms with Gasteiger partial charge in [0, 0.05) is 12.1 Å². The van der Waals surface area contributed by atoms with Crippen LogP contribution in [0, 0.1) is 0 Å². The van der Waals surface area contributed by atoms with Crippen LogP contribution in [0.2, 0.25) is 0 Å². The van der Waals surface area contributed by atoms with E-state index in [9.17, 15) is 4.79 Å². The molecule has 122 valence electrons. The van der Waals surface area contributed by atoms with Crippen molar-refractivity contribution >= 4 is 23.2 Å². The lowest BCUT2D eigenvalue weighted by atomic mass is 10.2. The van der Waals surface area contributed by atoms with E-state index in [0.29, 0.717) is 10.7 Å². The summed E-state index contributed by atoms with van der Waals surface area (Å²) >= 11 is 5.05. The highest BCUT2D eigenvalue weighted by molar-refractivity contribution is 7.80. The molecule has 1 amide bonds. The molecule has 0 aliphatic carbocycles. The van der Waals surface area contributed by atoms with Gasteiger partial charge in [0.2, 0.25) is 0 Å². The molecule has 0 atom stereocenters. The predicted molar refractivity (Wildman–Crippen MR) is 94.4 cm³/mol. The average molecular weight is 322 g/mol. The molecule has 0 radical (unpaired) electrons. The van der Waals surface area contributed by atoms with Gasteiger partial charge in [-0.2, -0.15) is 0 Å². The topological polar surface area (TPSA) is 50.4 Å². The quantitative estimate of drug-likeness (QED) is 0.538. The van der Waals surface area contributed by atoms with Crippen molar-refractivity contribution in [2.24, 2.45) is 0 Å². The summed E-state index contributed by atoms with van der Waals surface area (Å²) < 4.78 is 5.65. The highest BCUT2D eigenvalue weighted by Gasteiger charge is 2.07. The van der Waals surface area contributed by atoms with Gasteiger partial charge >= 0.3 is 0 Å². The zero-order valence-corrected chi connectivity index (χ0v) is 14.3. The molecule has 0 bridgehead atoms. The van der Waals surface area contributed by atoms with E-state index in [1.54, 1.807) is 12.1 Å². The Morgan fingerprint density at radius 3 is 2.45 bits per heavy atom. The van der Waals surface area contributed by atoms with E-state index < -0.39 is 0 Å². The van der Waals surface area contributed by atoms with Crippen LogP contribution in [0.1, 0.15) is 56.3 Å². The molecule has 1 rings (SSSR count). The van der Waals surface area contributed by atoms with E-state index in [2.05, 4.69) is 17.6 Å². The van der Waals surface area contributed by atoms with Crippen molar-refractivity contribution in [3.63, 3.8) is 0 Å². The van der Waals surface area contributed by atoms with Gasteiger partial charge in [-0.25, -0.2) is 0 Å². The van der Waals surface area contributed by atoms with Crippen LogP contribution in [0.25, 0.3) is 0 Å². The summed E-state index contributed by atoms with van der Waals surface area (Å²) in [7, 11) is 0. The second-order valence-corrected chi connectivity index (χ2v) is 5.55. The Balaban J connectivity index is 2.37. The van der Waals surface area contributed by atoms with Crippen LogP contribution in [-0.4, -0.2) is 24.2 Å². The number of amides is 1. The lowest BCUT2D eigenvalue weighted by Gasteiger charge is -2.09. The average Bonchev–Trinajstić information content (AvgIpc) is 2.53. The summed E-state index contributed by atoms with van der Waals surface area (Å²) in [4.78, 5) is 12.0. The van der Waals surface area contributed by atoms with Gasteiger partial charge in [-0.05, 0) is 49.3 Å². The van der Waals surface area contributed by atoms with Gasteiger partial charge in [0.15, 0.2) is 5.11 Å². The van der Waals surface area contributed by atoms with Crippen LogP contribution in [-0.2, 0) is 0 Å². The van der Waals surface area contributed by atoms with Gasteiger partial charge in [0.1, 0.15) is 5.75 Å². The molecule has 0 aliphatic heterocycles. The van der Waals surface area contributed by atoms with Crippen LogP contribution in [0.3, 0.4) is 0 Å². The number of unbranched alkanes of at least 4 members (excludes halogenated alkanes) is 3. The van der Waals surface area contributed by atoms with Gasteiger partial charge in [-0.1, -0.05) is 33.1 Å². The fourth-order valence-electron chi connectivity index (χ4n) is 1.88. The van der Waals surface area contributed by atoms with Gasteiger partial charge in [-0.15, -0.1) is 0 Å². The van der Waals surface area contributed by atoms with Crippen molar-refractivity contribution in [2.75, 3.05) is 13.2 Å². The van der Waals surface area contributed by atoms with Crippen molar-refractivity contribution in [3.05, 3.63) is 29.8 Å². The lowest BCUT2D eigenvalue weighted by molar-refractivity contribution is 0.0976. The van der Waals surface area contributed by atoms with Gasteiger partial charge < -0.3 is 10.1 Å². The summed E-state index contributed by atoms with van der Waals surface area (Å²) in [5.74, 6) is 0.586. The smallest absolute Gasteiger partial charge is 0.257 e.